The normalized spacial score (nSPS) is 35.3. The minimum Gasteiger partial charge on any atom is -0.491 e. The Bertz CT molecular complexity index is 237. The lowest BCUT2D eigenvalue weighted by Crippen LogP contribution is -2.32. The molecule has 0 aromatic rings. The third kappa shape index (κ3) is 1.47. The van der Waals surface area contributed by atoms with E-state index in [-0.39, 0.29) is 18.3 Å². The summed E-state index contributed by atoms with van der Waals surface area (Å²) in [7, 11) is 1.27. The Balaban J connectivity index is 1.91. The average molecular weight is 186 g/mol. The second-order valence-corrected chi connectivity index (χ2v) is 2.84. The van der Waals surface area contributed by atoms with Gasteiger partial charge in [-0.3, -0.25) is 0 Å². The molecule has 0 aromatic carbocycles. The van der Waals surface area contributed by atoms with E-state index in [9.17, 15) is 4.79 Å². The molecule has 0 aromatic heterocycles. The first-order chi connectivity index (χ1) is 6.31. The molecule has 2 heterocycles. The van der Waals surface area contributed by atoms with Gasteiger partial charge in [-0.1, -0.05) is 0 Å². The lowest BCUT2D eigenvalue weighted by atomic mass is 10.2. The molecule has 2 unspecified atom stereocenters. The van der Waals surface area contributed by atoms with Gasteiger partial charge in [-0.25, -0.2) is 4.79 Å². The van der Waals surface area contributed by atoms with Crippen LogP contribution >= 0.6 is 0 Å². The summed E-state index contributed by atoms with van der Waals surface area (Å²) >= 11 is 0. The lowest BCUT2D eigenvalue weighted by molar-refractivity contribution is -0.00606. The SMILES string of the molecule is COC(=O)OC1CO[C@@H]2C=COC12. The van der Waals surface area contributed by atoms with Crippen LogP contribution in [0, 0.1) is 0 Å². The molecule has 0 saturated carbocycles. The summed E-state index contributed by atoms with van der Waals surface area (Å²) in [5.74, 6) is 0. The van der Waals surface area contributed by atoms with Gasteiger partial charge in [-0.05, 0) is 6.08 Å². The van der Waals surface area contributed by atoms with Gasteiger partial charge in [-0.15, -0.1) is 0 Å². The smallest absolute Gasteiger partial charge is 0.491 e. The van der Waals surface area contributed by atoms with Crippen LogP contribution in [0.2, 0.25) is 0 Å². The second-order valence-electron chi connectivity index (χ2n) is 2.84. The highest BCUT2D eigenvalue weighted by molar-refractivity contribution is 5.60. The standard InChI is InChI=1S/C8H10O5/c1-10-8(9)13-6-4-12-5-2-3-11-7(5)6/h2-3,5-7H,4H2,1H3/t5-,6?,7?/m1/s1. The fraction of sp³-hybridized carbons (Fsp3) is 0.625. The molecule has 0 aliphatic carbocycles. The zero-order chi connectivity index (χ0) is 9.26. The van der Waals surface area contributed by atoms with Crippen molar-refractivity contribution in [2.45, 2.75) is 18.3 Å². The summed E-state index contributed by atoms with van der Waals surface area (Å²) < 4.78 is 19.8. The zero-order valence-electron chi connectivity index (χ0n) is 7.14. The summed E-state index contributed by atoms with van der Waals surface area (Å²) in [5, 5.41) is 0. The number of carbonyl (C=O) groups excluding carboxylic acids is 1. The molecule has 72 valence electrons. The molecule has 2 rings (SSSR count). The van der Waals surface area contributed by atoms with Crippen molar-refractivity contribution in [3.05, 3.63) is 12.3 Å². The summed E-state index contributed by atoms with van der Waals surface area (Å²) in [6, 6.07) is 0. The van der Waals surface area contributed by atoms with E-state index in [1.807, 2.05) is 0 Å². The summed E-state index contributed by atoms with van der Waals surface area (Å²) in [5.41, 5.74) is 0. The summed E-state index contributed by atoms with van der Waals surface area (Å²) in [6.07, 6.45) is 1.99. The van der Waals surface area contributed by atoms with E-state index in [0.29, 0.717) is 6.61 Å². The molecule has 1 saturated heterocycles. The predicted molar refractivity (Wildman–Crippen MR) is 41.0 cm³/mol. The van der Waals surface area contributed by atoms with Crippen molar-refractivity contribution in [3.63, 3.8) is 0 Å². The highest BCUT2D eigenvalue weighted by atomic mass is 16.7. The fourth-order valence-corrected chi connectivity index (χ4v) is 1.42. The molecule has 0 spiro atoms. The monoisotopic (exact) mass is 186 g/mol. The third-order valence-corrected chi connectivity index (χ3v) is 2.06. The number of rotatable bonds is 1. The number of carbonyl (C=O) groups is 1. The van der Waals surface area contributed by atoms with Crippen LogP contribution in [0.25, 0.3) is 0 Å². The molecule has 0 amide bonds. The largest absolute Gasteiger partial charge is 0.508 e. The Hall–Kier alpha value is -1.23. The topological polar surface area (TPSA) is 54.0 Å². The lowest BCUT2D eigenvalue weighted by Gasteiger charge is -2.15. The minimum absolute atomic E-state index is 0.0883. The number of methoxy groups -OCH3 is 1. The maximum absolute atomic E-state index is 10.8. The van der Waals surface area contributed by atoms with Crippen LogP contribution in [0.3, 0.4) is 0 Å². The highest BCUT2D eigenvalue weighted by Gasteiger charge is 2.42. The Labute approximate surface area is 75.2 Å². The molecular formula is C8H10O5. The van der Waals surface area contributed by atoms with Crippen LogP contribution in [0.5, 0.6) is 0 Å². The number of hydrogen-bond donors (Lipinski definition) is 0. The van der Waals surface area contributed by atoms with Crippen molar-refractivity contribution in [2.75, 3.05) is 13.7 Å². The van der Waals surface area contributed by atoms with E-state index in [2.05, 4.69) is 4.74 Å². The molecule has 1 fully saturated rings. The molecule has 0 N–H and O–H groups in total. The van der Waals surface area contributed by atoms with Crippen molar-refractivity contribution >= 4 is 6.16 Å². The van der Waals surface area contributed by atoms with Crippen LogP contribution < -0.4 is 0 Å². The van der Waals surface area contributed by atoms with E-state index in [4.69, 9.17) is 14.2 Å². The van der Waals surface area contributed by atoms with Crippen molar-refractivity contribution in [2.24, 2.45) is 0 Å². The first-order valence-corrected chi connectivity index (χ1v) is 3.99. The van der Waals surface area contributed by atoms with Crippen LogP contribution in [0.1, 0.15) is 0 Å². The molecule has 0 bridgehead atoms. The van der Waals surface area contributed by atoms with E-state index in [0.717, 1.165) is 0 Å². The number of hydrogen-bond acceptors (Lipinski definition) is 5. The van der Waals surface area contributed by atoms with Crippen molar-refractivity contribution in [1.29, 1.82) is 0 Å². The Morgan fingerprint density at radius 2 is 2.46 bits per heavy atom. The highest BCUT2D eigenvalue weighted by Crippen LogP contribution is 2.26. The Morgan fingerprint density at radius 3 is 3.23 bits per heavy atom. The van der Waals surface area contributed by atoms with E-state index in [1.165, 1.54) is 7.11 Å². The van der Waals surface area contributed by atoms with Crippen molar-refractivity contribution in [1.82, 2.24) is 0 Å². The third-order valence-electron chi connectivity index (χ3n) is 2.06. The predicted octanol–water partition coefficient (Wildman–Crippen LogP) is 0.449. The van der Waals surface area contributed by atoms with Gasteiger partial charge in [0.25, 0.3) is 0 Å². The van der Waals surface area contributed by atoms with E-state index in [1.54, 1.807) is 12.3 Å². The quantitative estimate of drug-likeness (QED) is 0.556. The van der Waals surface area contributed by atoms with E-state index < -0.39 is 6.16 Å². The van der Waals surface area contributed by atoms with Crippen LogP contribution in [0.4, 0.5) is 4.79 Å². The first kappa shape index (κ1) is 8.37. The molecule has 5 nitrogen and oxygen atoms in total. The van der Waals surface area contributed by atoms with Gasteiger partial charge in [-0.2, -0.15) is 0 Å². The van der Waals surface area contributed by atoms with Gasteiger partial charge in [0.2, 0.25) is 0 Å². The molecule has 2 aliphatic heterocycles. The maximum atomic E-state index is 10.8. The first-order valence-electron chi connectivity index (χ1n) is 3.99. The van der Waals surface area contributed by atoms with Crippen molar-refractivity contribution < 1.29 is 23.7 Å². The maximum Gasteiger partial charge on any atom is 0.508 e. The van der Waals surface area contributed by atoms with Crippen LogP contribution in [-0.4, -0.2) is 38.2 Å². The van der Waals surface area contributed by atoms with Crippen molar-refractivity contribution in [3.8, 4) is 0 Å². The molecular weight excluding hydrogens is 176 g/mol. The average Bonchev–Trinajstić information content (AvgIpc) is 2.69. The summed E-state index contributed by atoms with van der Waals surface area (Å²) in [6.45, 7) is 0.356. The molecule has 0 radical (unpaired) electrons. The summed E-state index contributed by atoms with van der Waals surface area (Å²) in [4.78, 5) is 10.8. The van der Waals surface area contributed by atoms with Gasteiger partial charge in [0.15, 0.2) is 12.2 Å². The molecule has 13 heavy (non-hydrogen) atoms. The van der Waals surface area contributed by atoms with Gasteiger partial charge in [0.05, 0.1) is 20.0 Å². The van der Waals surface area contributed by atoms with Gasteiger partial charge < -0.3 is 18.9 Å². The zero-order valence-corrected chi connectivity index (χ0v) is 7.14. The second kappa shape index (κ2) is 3.26. The Morgan fingerprint density at radius 1 is 1.62 bits per heavy atom. The number of fused-ring (bicyclic) bond motifs is 1. The van der Waals surface area contributed by atoms with Gasteiger partial charge in [0.1, 0.15) is 6.10 Å². The fourth-order valence-electron chi connectivity index (χ4n) is 1.42. The molecule has 2 aliphatic rings. The van der Waals surface area contributed by atoms with Gasteiger partial charge >= 0.3 is 6.16 Å². The van der Waals surface area contributed by atoms with Crippen LogP contribution in [0.15, 0.2) is 12.3 Å². The number of ether oxygens (including phenoxy) is 4. The van der Waals surface area contributed by atoms with Crippen LogP contribution in [-0.2, 0) is 18.9 Å². The Kier molecular flexibility index (Phi) is 2.10. The minimum atomic E-state index is -0.704. The van der Waals surface area contributed by atoms with Gasteiger partial charge in [0, 0.05) is 0 Å². The molecule has 5 heteroatoms. The molecule has 3 atom stereocenters. The van der Waals surface area contributed by atoms with E-state index >= 15 is 0 Å².